The van der Waals surface area contributed by atoms with Crippen molar-refractivity contribution < 1.29 is 48.6 Å². The number of aliphatic carboxylic acids is 1. The van der Waals surface area contributed by atoms with E-state index in [1.54, 1.807) is 12.4 Å². The Labute approximate surface area is 466 Å². The number of nitrogens with zero attached hydrogens (tertiary/aromatic N) is 1. The SMILES string of the molecule is CC(C)C[C@H](NC(=O)[C@H](Cc1c[nH]c2ccccc12)NC(=O)[C@H](CC(C)C)NC(=O)[C@H](Cc1c[nH]c2ccccc12)NC(=O)[C@H](CCCN=C(N)N)NC(=O)[C@@H](N)CCCCN)C(=O)N[C@@H](CCCCN)C(=O)N[C@@H](CO)C(=O)O. The van der Waals surface area contributed by atoms with E-state index in [9.17, 15) is 48.6 Å². The molecular weight excluding hydrogens is 1030 g/mol. The zero-order valence-electron chi connectivity index (χ0n) is 46.4. The van der Waals surface area contributed by atoms with Gasteiger partial charge in [0.25, 0.3) is 0 Å². The molecule has 440 valence electrons. The number of guanidine groups is 1. The molecule has 0 unspecified atom stereocenters. The first-order valence-corrected chi connectivity index (χ1v) is 27.4. The van der Waals surface area contributed by atoms with Gasteiger partial charge >= 0.3 is 5.97 Å². The second-order valence-corrected chi connectivity index (χ2v) is 21.0. The summed E-state index contributed by atoms with van der Waals surface area (Å²) in [4.78, 5) is 122. The van der Waals surface area contributed by atoms with Gasteiger partial charge in [0, 0.05) is 53.6 Å². The van der Waals surface area contributed by atoms with E-state index in [0.29, 0.717) is 49.8 Å². The van der Waals surface area contributed by atoms with Crippen molar-refractivity contribution in [3.63, 3.8) is 0 Å². The van der Waals surface area contributed by atoms with E-state index in [0.717, 1.165) is 21.8 Å². The highest BCUT2D eigenvalue weighted by molar-refractivity contribution is 5.98. The number of H-pyrrole nitrogens is 2. The van der Waals surface area contributed by atoms with Gasteiger partial charge in [-0.05, 0) is 106 Å². The third-order valence-corrected chi connectivity index (χ3v) is 13.4. The number of amides is 7. The van der Waals surface area contributed by atoms with Crippen LogP contribution >= 0.6 is 0 Å². The fraction of sp³-hybridized carbons (Fsp3) is 0.545. The lowest BCUT2D eigenvalue weighted by molar-refractivity contribution is -0.143. The minimum absolute atomic E-state index is 0.0613. The van der Waals surface area contributed by atoms with Crippen LogP contribution in [-0.2, 0) is 51.2 Å². The first-order valence-electron chi connectivity index (χ1n) is 27.4. The maximum atomic E-state index is 14.9. The third kappa shape index (κ3) is 20.9. The predicted molar refractivity (Wildman–Crippen MR) is 305 cm³/mol. The van der Waals surface area contributed by atoms with Crippen LogP contribution in [0.3, 0.4) is 0 Å². The molecule has 25 nitrogen and oxygen atoms in total. The van der Waals surface area contributed by atoms with Gasteiger partial charge < -0.3 is 86.1 Å². The van der Waals surface area contributed by atoms with Crippen LogP contribution < -0.4 is 65.9 Å². The molecule has 0 aliphatic heterocycles. The Bertz CT molecular complexity index is 2700. The molecule has 0 bridgehead atoms. The molecule has 0 saturated carbocycles. The number of carbonyl (C=O) groups excluding carboxylic acids is 7. The van der Waals surface area contributed by atoms with Gasteiger partial charge in [-0.1, -0.05) is 70.5 Å². The molecule has 0 aliphatic rings. The van der Waals surface area contributed by atoms with Crippen LogP contribution in [0.1, 0.15) is 103 Å². The Morgan fingerprint density at radius 3 is 1.31 bits per heavy atom. The van der Waals surface area contributed by atoms with Gasteiger partial charge in [-0.3, -0.25) is 38.6 Å². The number of aliphatic hydroxyl groups excluding tert-OH is 1. The van der Waals surface area contributed by atoms with Crippen LogP contribution in [0.15, 0.2) is 65.9 Å². The number of carboxylic acid groups (broad SMARTS) is 1. The Hall–Kier alpha value is -7.61. The van der Waals surface area contributed by atoms with Gasteiger partial charge in [-0.2, -0.15) is 0 Å². The van der Waals surface area contributed by atoms with E-state index in [1.165, 1.54) is 0 Å². The van der Waals surface area contributed by atoms with Crippen molar-refractivity contribution in [2.45, 2.75) is 153 Å². The Morgan fingerprint density at radius 2 is 0.887 bits per heavy atom. The van der Waals surface area contributed by atoms with Crippen LogP contribution in [0.5, 0.6) is 0 Å². The van der Waals surface area contributed by atoms with Crippen LogP contribution in [0.25, 0.3) is 21.8 Å². The average Bonchev–Trinajstić information content (AvgIpc) is 4.02. The molecule has 0 radical (unpaired) electrons. The number of nitrogens with one attached hydrogen (secondary N) is 9. The summed E-state index contributed by atoms with van der Waals surface area (Å²) in [6.45, 7) is 7.26. The number of aliphatic hydroxyl groups is 1. The van der Waals surface area contributed by atoms with E-state index in [1.807, 2.05) is 76.2 Å². The number of nitrogens with two attached hydrogens (primary N) is 5. The molecule has 4 rings (SSSR count). The summed E-state index contributed by atoms with van der Waals surface area (Å²) < 4.78 is 0. The molecule has 8 atom stereocenters. The number of carbonyl (C=O) groups is 8. The quantitative estimate of drug-likeness (QED) is 0.0157. The number of aromatic amines is 2. The number of fused-ring (bicyclic) bond motifs is 2. The molecule has 7 amide bonds. The molecule has 2 aromatic heterocycles. The maximum absolute atomic E-state index is 14.9. The van der Waals surface area contributed by atoms with Crippen molar-refractivity contribution in [1.82, 2.24) is 47.2 Å². The molecule has 80 heavy (non-hydrogen) atoms. The first-order chi connectivity index (χ1) is 38.1. The number of aliphatic imine (C=N–C) groups is 1. The normalized spacial score (nSPS) is 14.4. The lowest BCUT2D eigenvalue weighted by Gasteiger charge is -2.29. The highest BCUT2D eigenvalue weighted by Gasteiger charge is 2.36. The van der Waals surface area contributed by atoms with Gasteiger partial charge in [0.05, 0.1) is 12.6 Å². The number of unbranched alkanes of at least 4 members (excludes halogenated alkanes) is 2. The zero-order valence-corrected chi connectivity index (χ0v) is 46.4. The van der Waals surface area contributed by atoms with Crippen molar-refractivity contribution in [2.75, 3.05) is 26.2 Å². The number of rotatable bonds is 36. The summed E-state index contributed by atoms with van der Waals surface area (Å²) in [5.41, 5.74) is 31.5. The molecule has 0 fully saturated rings. The Morgan fingerprint density at radius 1 is 0.512 bits per heavy atom. The van der Waals surface area contributed by atoms with E-state index >= 15 is 0 Å². The van der Waals surface area contributed by atoms with Crippen LogP contribution in [0.2, 0.25) is 0 Å². The molecule has 2 heterocycles. The van der Waals surface area contributed by atoms with E-state index < -0.39 is 102 Å². The van der Waals surface area contributed by atoms with E-state index in [4.69, 9.17) is 28.7 Å². The van der Waals surface area contributed by atoms with Gasteiger partial charge in [0.1, 0.15) is 42.3 Å². The van der Waals surface area contributed by atoms with Gasteiger partial charge in [-0.25, -0.2) is 4.79 Å². The molecule has 0 saturated heterocycles. The number of carboxylic acids is 1. The monoisotopic (exact) mass is 1120 g/mol. The number of aromatic nitrogens is 2. The van der Waals surface area contributed by atoms with E-state index in [2.05, 4.69) is 52.2 Å². The minimum Gasteiger partial charge on any atom is -0.480 e. The first kappa shape index (κ1) is 64.9. The molecule has 2 aromatic carbocycles. The third-order valence-electron chi connectivity index (χ3n) is 13.4. The van der Waals surface area contributed by atoms with Crippen molar-refractivity contribution in [2.24, 2.45) is 45.5 Å². The fourth-order valence-corrected chi connectivity index (χ4v) is 9.14. The second-order valence-electron chi connectivity index (χ2n) is 21.0. The fourth-order valence-electron chi connectivity index (χ4n) is 9.14. The summed E-state index contributed by atoms with van der Waals surface area (Å²) in [5.74, 6) is -7.23. The van der Waals surface area contributed by atoms with Crippen LogP contribution in [-0.4, -0.2) is 148 Å². The number of benzene rings is 2. The van der Waals surface area contributed by atoms with Crippen LogP contribution in [0, 0.1) is 11.8 Å². The highest BCUT2D eigenvalue weighted by Crippen LogP contribution is 2.22. The number of hydrogen-bond donors (Lipinski definition) is 16. The summed E-state index contributed by atoms with van der Waals surface area (Å²) >= 11 is 0. The van der Waals surface area contributed by atoms with Crippen molar-refractivity contribution >= 4 is 75.1 Å². The molecular formula is C55H85N15O10. The predicted octanol–water partition coefficient (Wildman–Crippen LogP) is -0.364. The van der Waals surface area contributed by atoms with E-state index in [-0.39, 0.29) is 75.8 Å². The smallest absolute Gasteiger partial charge is 0.328 e. The zero-order chi connectivity index (χ0) is 58.9. The van der Waals surface area contributed by atoms with Gasteiger partial charge in [-0.15, -0.1) is 0 Å². The molecule has 4 aromatic rings. The lowest BCUT2D eigenvalue weighted by Crippen LogP contribution is -2.61. The highest BCUT2D eigenvalue weighted by atomic mass is 16.4. The lowest BCUT2D eigenvalue weighted by atomic mass is 9.98. The number of para-hydroxylation sites is 2. The van der Waals surface area contributed by atoms with Gasteiger partial charge in [0.2, 0.25) is 41.4 Å². The average molecular weight is 1120 g/mol. The van der Waals surface area contributed by atoms with Crippen LogP contribution in [0.4, 0.5) is 0 Å². The largest absolute Gasteiger partial charge is 0.480 e. The topological polar surface area (TPSA) is 435 Å². The molecule has 0 spiro atoms. The molecule has 21 N–H and O–H groups in total. The van der Waals surface area contributed by atoms with Crippen molar-refractivity contribution in [3.05, 3.63) is 72.1 Å². The molecule has 25 heteroatoms. The Kier molecular flexibility index (Phi) is 26.8. The minimum atomic E-state index is -1.64. The standard InChI is InChI=1S/C55H85N15O10/c1-31(2)24-42(50(75)65-40(19-10-12-22-57)49(74)70-46(30-71)54(79)80)66-53(78)45(27-34-29-63-39-18-8-6-15-36(34)39)69-51(76)43(25-32(3)4)67-52(77)44(26-33-28-62-38-17-7-5-14-35(33)38)68-48(73)41(20-13-23-61-55(59)60)64-47(72)37(58)16-9-11-21-56/h5-8,14-15,17-18,28-29,31-32,37,40-46,62-63,71H,9-13,16,19-27,30,56-58H2,1-4H3,(H,64,72)(H,65,75)(H,66,78)(H,67,77)(H,68,73)(H,69,76)(H,70,74)(H,79,80)(H4,59,60,61)/t37-,40-,41-,42-,43-,44-,45-,46-/m0/s1. The number of hydrogen-bond acceptors (Lipinski definition) is 13. The second kappa shape index (κ2) is 33.1. The summed E-state index contributed by atoms with van der Waals surface area (Å²) in [6.07, 6.45) is 6.20. The Balaban J connectivity index is 1.70. The van der Waals surface area contributed by atoms with Crippen molar-refractivity contribution in [3.8, 4) is 0 Å². The summed E-state index contributed by atoms with van der Waals surface area (Å²) in [5, 5.41) is 39.7. The van der Waals surface area contributed by atoms with Gasteiger partial charge in [0.15, 0.2) is 5.96 Å². The van der Waals surface area contributed by atoms with Crippen molar-refractivity contribution in [1.29, 1.82) is 0 Å². The summed E-state index contributed by atoms with van der Waals surface area (Å²) in [7, 11) is 0. The maximum Gasteiger partial charge on any atom is 0.328 e. The summed E-state index contributed by atoms with van der Waals surface area (Å²) in [6, 6.07) is 4.40. The molecule has 0 aliphatic carbocycles.